The second-order valence-corrected chi connectivity index (χ2v) is 6.04. The van der Waals surface area contributed by atoms with Crippen LogP contribution < -0.4 is 5.32 Å². The Morgan fingerprint density at radius 1 is 0.857 bits per heavy atom. The molecule has 0 saturated heterocycles. The standard InChI is InChI=1S/C18H37NO2/c1-3-5-6-7-8-9-10-11-12-13-14-15-18(21)17(16-20)19-4-2/h17,19-20H,3-16H2,1-2H3. The van der Waals surface area contributed by atoms with Crippen LogP contribution in [0.4, 0.5) is 0 Å². The second-order valence-electron chi connectivity index (χ2n) is 6.04. The minimum absolute atomic E-state index is 0.0787. The van der Waals surface area contributed by atoms with Gasteiger partial charge in [0, 0.05) is 6.42 Å². The van der Waals surface area contributed by atoms with E-state index >= 15 is 0 Å². The number of carbonyl (C=O) groups excluding carboxylic acids is 1. The van der Waals surface area contributed by atoms with Gasteiger partial charge in [-0.2, -0.15) is 0 Å². The summed E-state index contributed by atoms with van der Waals surface area (Å²) < 4.78 is 0. The van der Waals surface area contributed by atoms with Gasteiger partial charge in [-0.05, 0) is 13.0 Å². The van der Waals surface area contributed by atoms with E-state index in [4.69, 9.17) is 5.11 Å². The highest BCUT2D eigenvalue weighted by Crippen LogP contribution is 2.12. The first-order valence-electron chi connectivity index (χ1n) is 9.13. The van der Waals surface area contributed by atoms with Gasteiger partial charge in [-0.25, -0.2) is 0 Å². The third kappa shape index (κ3) is 13.0. The molecule has 21 heavy (non-hydrogen) atoms. The summed E-state index contributed by atoms with van der Waals surface area (Å²) in [5.74, 6) is 0.162. The molecule has 0 bridgehead atoms. The fourth-order valence-corrected chi connectivity index (χ4v) is 2.66. The first kappa shape index (κ1) is 20.6. The molecule has 1 unspecified atom stereocenters. The molecule has 0 aliphatic rings. The van der Waals surface area contributed by atoms with E-state index < -0.39 is 0 Å². The van der Waals surface area contributed by atoms with Crippen molar-refractivity contribution in [2.75, 3.05) is 13.2 Å². The molecule has 126 valence electrons. The largest absolute Gasteiger partial charge is 0.394 e. The normalized spacial score (nSPS) is 12.5. The van der Waals surface area contributed by atoms with Gasteiger partial charge in [-0.15, -0.1) is 0 Å². The molecular formula is C18H37NO2. The smallest absolute Gasteiger partial charge is 0.152 e. The first-order chi connectivity index (χ1) is 10.3. The van der Waals surface area contributed by atoms with Crippen molar-refractivity contribution in [3.05, 3.63) is 0 Å². The van der Waals surface area contributed by atoms with Crippen LogP contribution in [0.15, 0.2) is 0 Å². The fourth-order valence-electron chi connectivity index (χ4n) is 2.66. The molecule has 0 aromatic heterocycles. The molecule has 0 amide bonds. The van der Waals surface area contributed by atoms with Crippen molar-refractivity contribution in [3.63, 3.8) is 0 Å². The minimum atomic E-state index is -0.349. The van der Waals surface area contributed by atoms with Gasteiger partial charge >= 0.3 is 0 Å². The predicted octanol–water partition coefficient (Wildman–Crippen LogP) is 4.23. The Kier molecular flexibility index (Phi) is 15.7. The Morgan fingerprint density at radius 3 is 1.76 bits per heavy atom. The second kappa shape index (κ2) is 16.0. The van der Waals surface area contributed by atoms with Gasteiger partial charge in [0.15, 0.2) is 5.78 Å². The number of nitrogens with one attached hydrogen (secondary N) is 1. The number of aliphatic hydroxyl groups excluding tert-OH is 1. The SMILES string of the molecule is CCCCCCCCCCCCCC(=O)C(CO)NCC. The summed E-state index contributed by atoms with van der Waals surface area (Å²) in [6.07, 6.45) is 14.9. The molecule has 0 aromatic rings. The lowest BCUT2D eigenvalue weighted by Crippen LogP contribution is -2.39. The van der Waals surface area contributed by atoms with E-state index in [1.54, 1.807) is 0 Å². The highest BCUT2D eigenvalue weighted by molar-refractivity contribution is 5.84. The Labute approximate surface area is 131 Å². The van der Waals surface area contributed by atoms with Crippen molar-refractivity contribution in [2.45, 2.75) is 96.9 Å². The lowest BCUT2D eigenvalue weighted by molar-refractivity contribution is -0.122. The number of aliphatic hydroxyl groups is 1. The average Bonchev–Trinajstić information content (AvgIpc) is 2.50. The molecule has 0 aliphatic carbocycles. The van der Waals surface area contributed by atoms with Crippen molar-refractivity contribution in [2.24, 2.45) is 0 Å². The zero-order valence-corrected chi connectivity index (χ0v) is 14.3. The molecule has 3 nitrogen and oxygen atoms in total. The molecule has 3 heteroatoms. The van der Waals surface area contributed by atoms with Crippen LogP contribution in [0.2, 0.25) is 0 Å². The molecule has 0 aromatic carbocycles. The summed E-state index contributed by atoms with van der Waals surface area (Å²) in [6, 6.07) is -0.349. The van der Waals surface area contributed by atoms with Crippen LogP contribution in [0.5, 0.6) is 0 Å². The molecule has 2 N–H and O–H groups in total. The van der Waals surface area contributed by atoms with Crippen LogP contribution in [0.1, 0.15) is 90.9 Å². The van der Waals surface area contributed by atoms with Crippen LogP contribution in [-0.2, 0) is 4.79 Å². The highest BCUT2D eigenvalue weighted by Gasteiger charge is 2.14. The third-order valence-corrected chi connectivity index (χ3v) is 4.05. The topological polar surface area (TPSA) is 49.3 Å². The molecular weight excluding hydrogens is 262 g/mol. The lowest BCUT2D eigenvalue weighted by Gasteiger charge is -2.13. The Bertz CT molecular complexity index is 231. The van der Waals surface area contributed by atoms with Crippen LogP contribution in [0, 0.1) is 0 Å². The van der Waals surface area contributed by atoms with Crippen LogP contribution >= 0.6 is 0 Å². The van der Waals surface area contributed by atoms with E-state index in [2.05, 4.69) is 12.2 Å². The number of likely N-dealkylation sites (N-methyl/N-ethyl adjacent to an activating group) is 1. The summed E-state index contributed by atoms with van der Waals surface area (Å²) in [6.45, 7) is 4.87. The number of hydrogen-bond donors (Lipinski definition) is 2. The molecule has 0 aliphatic heterocycles. The highest BCUT2D eigenvalue weighted by atomic mass is 16.3. The number of rotatable bonds is 16. The van der Waals surface area contributed by atoms with Gasteiger partial charge in [0.1, 0.15) is 0 Å². The molecule has 0 spiro atoms. The molecule has 0 saturated carbocycles. The Hall–Kier alpha value is -0.410. The van der Waals surface area contributed by atoms with Gasteiger partial charge in [0.05, 0.1) is 12.6 Å². The summed E-state index contributed by atoms with van der Waals surface area (Å²) in [5, 5.41) is 12.1. The van der Waals surface area contributed by atoms with E-state index in [9.17, 15) is 4.79 Å². The van der Waals surface area contributed by atoms with E-state index in [1.807, 2.05) is 6.92 Å². The zero-order chi connectivity index (χ0) is 15.8. The van der Waals surface area contributed by atoms with Crippen molar-refractivity contribution >= 4 is 5.78 Å². The van der Waals surface area contributed by atoms with Crippen molar-refractivity contribution in [3.8, 4) is 0 Å². The van der Waals surface area contributed by atoms with Crippen LogP contribution in [-0.4, -0.2) is 30.1 Å². The maximum Gasteiger partial charge on any atom is 0.152 e. The number of carbonyl (C=O) groups is 1. The van der Waals surface area contributed by atoms with Crippen LogP contribution in [0.25, 0.3) is 0 Å². The number of Topliss-reactive ketones (excluding diaryl/α,β-unsaturated/α-hetero) is 1. The summed E-state index contributed by atoms with van der Waals surface area (Å²) in [4.78, 5) is 11.8. The number of unbranched alkanes of at least 4 members (excludes halogenated alkanes) is 10. The molecule has 0 rings (SSSR count). The van der Waals surface area contributed by atoms with Gasteiger partial charge < -0.3 is 10.4 Å². The summed E-state index contributed by atoms with van der Waals surface area (Å²) in [7, 11) is 0. The predicted molar refractivity (Wildman–Crippen MR) is 90.6 cm³/mol. The summed E-state index contributed by atoms with van der Waals surface area (Å²) >= 11 is 0. The minimum Gasteiger partial charge on any atom is -0.394 e. The van der Waals surface area contributed by atoms with Gasteiger partial charge in [0.25, 0.3) is 0 Å². The van der Waals surface area contributed by atoms with Gasteiger partial charge in [0.2, 0.25) is 0 Å². The van der Waals surface area contributed by atoms with Crippen molar-refractivity contribution in [1.82, 2.24) is 5.32 Å². The summed E-state index contributed by atoms with van der Waals surface area (Å²) in [5.41, 5.74) is 0. The first-order valence-corrected chi connectivity index (χ1v) is 9.13. The van der Waals surface area contributed by atoms with Gasteiger partial charge in [-0.1, -0.05) is 78.1 Å². The third-order valence-electron chi connectivity index (χ3n) is 4.05. The van der Waals surface area contributed by atoms with E-state index in [0.29, 0.717) is 6.42 Å². The van der Waals surface area contributed by atoms with Gasteiger partial charge in [-0.3, -0.25) is 4.79 Å². The lowest BCUT2D eigenvalue weighted by atomic mass is 10.0. The molecule has 0 heterocycles. The van der Waals surface area contributed by atoms with Crippen molar-refractivity contribution < 1.29 is 9.90 Å². The number of hydrogen-bond acceptors (Lipinski definition) is 3. The molecule has 0 fully saturated rings. The maximum atomic E-state index is 11.8. The van der Waals surface area contributed by atoms with E-state index in [1.165, 1.54) is 57.8 Å². The Balaban J connectivity index is 3.30. The molecule has 0 radical (unpaired) electrons. The average molecular weight is 299 g/mol. The maximum absolute atomic E-state index is 11.8. The van der Waals surface area contributed by atoms with Crippen LogP contribution in [0.3, 0.4) is 0 Å². The van der Waals surface area contributed by atoms with Crippen molar-refractivity contribution in [1.29, 1.82) is 0 Å². The molecule has 1 atom stereocenters. The number of ketones is 1. The Morgan fingerprint density at radius 2 is 1.33 bits per heavy atom. The quantitative estimate of drug-likeness (QED) is 0.419. The van der Waals surface area contributed by atoms with E-state index in [-0.39, 0.29) is 18.4 Å². The van der Waals surface area contributed by atoms with E-state index in [0.717, 1.165) is 19.4 Å². The monoisotopic (exact) mass is 299 g/mol. The fraction of sp³-hybridized carbons (Fsp3) is 0.944. The zero-order valence-electron chi connectivity index (χ0n) is 14.3.